The number of pyridine rings is 1. The van der Waals surface area contributed by atoms with Gasteiger partial charge in [0.1, 0.15) is 11.3 Å². The maximum absolute atomic E-state index is 13.3. The number of rotatable bonds is 4. The first-order chi connectivity index (χ1) is 14.9. The molecule has 0 unspecified atom stereocenters. The average molecular weight is 446 g/mol. The molecular formula is C22H31N5O3S. The van der Waals surface area contributed by atoms with Crippen LogP contribution in [0.5, 0.6) is 0 Å². The van der Waals surface area contributed by atoms with Gasteiger partial charge in [0.25, 0.3) is 10.0 Å². The predicted molar refractivity (Wildman–Crippen MR) is 117 cm³/mol. The van der Waals surface area contributed by atoms with Crippen LogP contribution in [0.1, 0.15) is 55.6 Å². The molecule has 0 atom stereocenters. The van der Waals surface area contributed by atoms with Crippen molar-refractivity contribution in [1.82, 2.24) is 18.4 Å². The van der Waals surface area contributed by atoms with E-state index in [0.717, 1.165) is 12.8 Å². The molecule has 1 saturated carbocycles. The van der Waals surface area contributed by atoms with Crippen molar-refractivity contribution in [2.24, 2.45) is 18.0 Å². The Kier molecular flexibility index (Phi) is 6.43. The number of nitrogens with zero attached hydrogens (tertiary/aromatic N) is 5. The highest BCUT2D eigenvalue weighted by molar-refractivity contribution is 7.89. The lowest BCUT2D eigenvalue weighted by atomic mass is 9.96. The topological polar surface area (TPSA) is 89.6 Å². The Hall–Kier alpha value is -2.26. The second-order valence-electron chi connectivity index (χ2n) is 8.60. The van der Waals surface area contributed by atoms with Crippen LogP contribution >= 0.6 is 0 Å². The molecule has 2 fully saturated rings. The van der Waals surface area contributed by atoms with Crippen molar-refractivity contribution in [2.45, 2.75) is 62.9 Å². The lowest BCUT2D eigenvalue weighted by Crippen LogP contribution is -2.42. The summed E-state index contributed by atoms with van der Waals surface area (Å²) in [7, 11) is -1.86. The maximum atomic E-state index is 13.3. The lowest BCUT2D eigenvalue weighted by molar-refractivity contribution is 0.0780. The fourth-order valence-electron chi connectivity index (χ4n) is 4.45. The second kappa shape index (κ2) is 9.08. The maximum Gasteiger partial charge on any atom is 0.262 e. The first-order valence-corrected chi connectivity index (χ1v) is 12.6. The average Bonchev–Trinajstić information content (AvgIpc) is 3.13. The van der Waals surface area contributed by atoms with E-state index in [1.54, 1.807) is 35.5 Å². The number of aromatic nitrogens is 3. The van der Waals surface area contributed by atoms with Gasteiger partial charge in [-0.25, -0.2) is 13.4 Å². The van der Waals surface area contributed by atoms with Crippen molar-refractivity contribution >= 4 is 15.9 Å². The van der Waals surface area contributed by atoms with Crippen LogP contribution in [0.15, 0.2) is 40.6 Å². The molecule has 0 bridgehead atoms. The summed E-state index contributed by atoms with van der Waals surface area (Å²) in [6.45, 7) is 2.41. The Morgan fingerprint density at radius 1 is 1.10 bits per heavy atom. The number of imidazole rings is 1. The van der Waals surface area contributed by atoms with E-state index in [1.165, 1.54) is 23.6 Å². The highest BCUT2D eigenvalue weighted by atomic mass is 32.2. The number of aryl methyl sites for hydroxylation is 2. The van der Waals surface area contributed by atoms with Gasteiger partial charge in [-0.1, -0.05) is 25.3 Å². The van der Waals surface area contributed by atoms with Crippen LogP contribution in [-0.2, 0) is 17.1 Å². The lowest BCUT2D eigenvalue weighted by Gasteiger charge is -2.30. The van der Waals surface area contributed by atoms with Crippen molar-refractivity contribution in [3.8, 4) is 0 Å². The van der Waals surface area contributed by atoms with Gasteiger partial charge >= 0.3 is 0 Å². The molecule has 3 heterocycles. The van der Waals surface area contributed by atoms with Crippen LogP contribution in [0.4, 0.5) is 0 Å². The SMILES string of the molecule is Cc1nc(S(=O)(=O)N2CCC(C(=O)n3ccccc3=NC3CCCCC3)CC2)cn1C. The molecule has 2 aromatic rings. The largest absolute Gasteiger partial charge is 0.337 e. The van der Waals surface area contributed by atoms with Crippen LogP contribution < -0.4 is 5.49 Å². The molecule has 8 nitrogen and oxygen atoms in total. The minimum atomic E-state index is -3.64. The van der Waals surface area contributed by atoms with E-state index >= 15 is 0 Å². The Bertz CT molecular complexity index is 1080. The summed E-state index contributed by atoms with van der Waals surface area (Å²) < 4.78 is 30.6. The summed E-state index contributed by atoms with van der Waals surface area (Å²) in [6.07, 6.45) is 10.1. The summed E-state index contributed by atoms with van der Waals surface area (Å²) >= 11 is 0. The molecule has 0 radical (unpaired) electrons. The van der Waals surface area contributed by atoms with Gasteiger partial charge in [-0.3, -0.25) is 14.4 Å². The Balaban J connectivity index is 1.47. The van der Waals surface area contributed by atoms with Crippen LogP contribution in [-0.4, -0.2) is 51.9 Å². The van der Waals surface area contributed by atoms with Gasteiger partial charge in [-0.2, -0.15) is 4.31 Å². The molecule has 1 aliphatic heterocycles. The molecule has 0 N–H and O–H groups in total. The van der Waals surface area contributed by atoms with Crippen molar-refractivity contribution in [3.63, 3.8) is 0 Å². The number of carbonyl (C=O) groups excluding carboxylic acids is 1. The Morgan fingerprint density at radius 2 is 1.81 bits per heavy atom. The van der Waals surface area contributed by atoms with E-state index in [-0.39, 0.29) is 22.9 Å². The standard InChI is InChI=1S/C22H31N5O3S/c1-17-23-21(16-25(17)2)31(29,30)26-14-11-18(12-15-26)22(28)27-13-7-6-10-20(27)24-19-8-4-3-5-9-19/h6-7,10,13,16,18-19H,3-5,8-9,11-12,14-15H2,1-2H3. The highest BCUT2D eigenvalue weighted by Gasteiger charge is 2.34. The van der Waals surface area contributed by atoms with E-state index < -0.39 is 10.0 Å². The molecule has 168 valence electrons. The van der Waals surface area contributed by atoms with Gasteiger partial charge < -0.3 is 4.57 Å². The summed E-state index contributed by atoms with van der Waals surface area (Å²) in [5.74, 6) is 0.434. The van der Waals surface area contributed by atoms with E-state index in [1.807, 2.05) is 18.2 Å². The molecule has 9 heteroatoms. The quantitative estimate of drug-likeness (QED) is 0.723. The van der Waals surface area contributed by atoms with Crippen LogP contribution in [0.25, 0.3) is 0 Å². The molecule has 0 spiro atoms. The van der Waals surface area contributed by atoms with Crippen molar-refractivity contribution in [3.05, 3.63) is 41.9 Å². The molecule has 1 saturated heterocycles. The fraction of sp³-hybridized carbons (Fsp3) is 0.591. The second-order valence-corrected chi connectivity index (χ2v) is 10.5. The molecule has 0 aromatic carbocycles. The highest BCUT2D eigenvalue weighted by Crippen LogP contribution is 2.24. The first kappa shape index (κ1) is 22.0. The van der Waals surface area contributed by atoms with Gasteiger partial charge in [0.15, 0.2) is 5.03 Å². The molecule has 4 rings (SSSR count). The Morgan fingerprint density at radius 3 is 2.45 bits per heavy atom. The van der Waals surface area contributed by atoms with E-state index in [0.29, 0.717) is 37.2 Å². The zero-order valence-electron chi connectivity index (χ0n) is 18.3. The number of piperidine rings is 1. The van der Waals surface area contributed by atoms with E-state index in [9.17, 15) is 13.2 Å². The molecule has 2 aromatic heterocycles. The van der Waals surface area contributed by atoms with Gasteiger partial charge in [0.2, 0.25) is 5.91 Å². The number of carbonyl (C=O) groups is 1. The number of hydrogen-bond acceptors (Lipinski definition) is 5. The third-order valence-corrected chi connectivity index (χ3v) is 8.23. The predicted octanol–water partition coefficient (Wildman–Crippen LogP) is 2.50. The molecule has 1 aliphatic carbocycles. The minimum absolute atomic E-state index is 0.000822. The van der Waals surface area contributed by atoms with Gasteiger partial charge in [0, 0.05) is 38.4 Å². The third-order valence-electron chi connectivity index (χ3n) is 6.46. The Labute approximate surface area is 183 Å². The third kappa shape index (κ3) is 4.67. The zero-order valence-corrected chi connectivity index (χ0v) is 19.1. The zero-order chi connectivity index (χ0) is 22.0. The van der Waals surface area contributed by atoms with E-state index in [4.69, 9.17) is 4.99 Å². The van der Waals surface area contributed by atoms with Gasteiger partial charge in [-0.05, 0) is 44.7 Å². The van der Waals surface area contributed by atoms with Crippen molar-refractivity contribution < 1.29 is 13.2 Å². The summed E-state index contributed by atoms with van der Waals surface area (Å²) in [4.78, 5) is 22.3. The van der Waals surface area contributed by atoms with Gasteiger partial charge in [0.05, 0.1) is 6.04 Å². The monoisotopic (exact) mass is 445 g/mol. The summed E-state index contributed by atoms with van der Waals surface area (Å²) in [5.41, 5.74) is 0.707. The first-order valence-electron chi connectivity index (χ1n) is 11.1. The van der Waals surface area contributed by atoms with Gasteiger partial charge in [-0.15, -0.1) is 0 Å². The minimum Gasteiger partial charge on any atom is -0.337 e. The summed E-state index contributed by atoms with van der Waals surface area (Å²) in [6, 6.07) is 5.94. The van der Waals surface area contributed by atoms with Crippen LogP contribution in [0.2, 0.25) is 0 Å². The van der Waals surface area contributed by atoms with Crippen LogP contribution in [0, 0.1) is 12.8 Å². The molecule has 31 heavy (non-hydrogen) atoms. The number of sulfonamides is 1. The van der Waals surface area contributed by atoms with Crippen molar-refractivity contribution in [1.29, 1.82) is 0 Å². The summed E-state index contributed by atoms with van der Waals surface area (Å²) in [5, 5.41) is 0.0725. The van der Waals surface area contributed by atoms with Crippen molar-refractivity contribution in [2.75, 3.05) is 13.1 Å². The molecular weight excluding hydrogens is 414 g/mol. The smallest absolute Gasteiger partial charge is 0.262 e. The number of hydrogen-bond donors (Lipinski definition) is 0. The fourth-order valence-corrected chi connectivity index (χ4v) is 5.94. The molecule has 2 aliphatic rings. The van der Waals surface area contributed by atoms with E-state index in [2.05, 4.69) is 4.98 Å². The normalized spacial score (nSPS) is 20.3. The van der Waals surface area contributed by atoms with Crippen LogP contribution in [0.3, 0.4) is 0 Å². The molecule has 0 amide bonds.